The SMILES string of the molecule is CC(CN)CC(=O)NCCCN. The first-order valence-electron chi connectivity index (χ1n) is 4.37. The van der Waals surface area contributed by atoms with E-state index < -0.39 is 0 Å². The molecule has 0 radical (unpaired) electrons. The van der Waals surface area contributed by atoms with Crippen molar-refractivity contribution in [1.29, 1.82) is 0 Å². The lowest BCUT2D eigenvalue weighted by Crippen LogP contribution is -2.28. The summed E-state index contributed by atoms with van der Waals surface area (Å²) in [4.78, 5) is 11.1. The predicted molar refractivity (Wildman–Crippen MR) is 49.5 cm³/mol. The van der Waals surface area contributed by atoms with Crippen LogP contribution in [0, 0.1) is 5.92 Å². The van der Waals surface area contributed by atoms with Gasteiger partial charge in [0.05, 0.1) is 0 Å². The van der Waals surface area contributed by atoms with Crippen molar-refractivity contribution >= 4 is 5.91 Å². The van der Waals surface area contributed by atoms with E-state index in [0.717, 1.165) is 6.42 Å². The summed E-state index contributed by atoms with van der Waals surface area (Å²) in [6.07, 6.45) is 1.35. The van der Waals surface area contributed by atoms with Crippen molar-refractivity contribution in [1.82, 2.24) is 5.32 Å². The summed E-state index contributed by atoms with van der Waals surface area (Å²) >= 11 is 0. The number of hydrogen-bond donors (Lipinski definition) is 3. The number of carbonyl (C=O) groups excluding carboxylic acids is 1. The predicted octanol–water partition coefficient (Wildman–Crippen LogP) is -0.564. The van der Waals surface area contributed by atoms with Gasteiger partial charge in [0, 0.05) is 13.0 Å². The van der Waals surface area contributed by atoms with Crippen molar-refractivity contribution in [3.05, 3.63) is 0 Å². The fraction of sp³-hybridized carbons (Fsp3) is 0.875. The van der Waals surface area contributed by atoms with Gasteiger partial charge in [-0.25, -0.2) is 0 Å². The second kappa shape index (κ2) is 7.06. The molecule has 0 aliphatic rings. The van der Waals surface area contributed by atoms with E-state index in [9.17, 15) is 4.79 Å². The molecule has 5 N–H and O–H groups in total. The van der Waals surface area contributed by atoms with Crippen LogP contribution in [-0.2, 0) is 4.79 Å². The molecule has 12 heavy (non-hydrogen) atoms. The lowest BCUT2D eigenvalue weighted by atomic mass is 10.1. The molecule has 0 aliphatic carbocycles. The Kier molecular flexibility index (Phi) is 6.70. The van der Waals surface area contributed by atoms with Crippen molar-refractivity contribution in [2.24, 2.45) is 17.4 Å². The van der Waals surface area contributed by atoms with Crippen LogP contribution in [0.25, 0.3) is 0 Å². The summed E-state index contributed by atoms with van der Waals surface area (Å²) in [5.74, 6) is 0.337. The first-order valence-corrected chi connectivity index (χ1v) is 4.37. The lowest BCUT2D eigenvalue weighted by Gasteiger charge is -2.08. The normalized spacial score (nSPS) is 12.6. The number of nitrogens with one attached hydrogen (secondary N) is 1. The Morgan fingerprint density at radius 1 is 1.50 bits per heavy atom. The first kappa shape index (κ1) is 11.4. The molecule has 1 amide bonds. The molecular formula is C8H19N3O. The van der Waals surface area contributed by atoms with Gasteiger partial charge in [0.15, 0.2) is 0 Å². The fourth-order valence-electron chi connectivity index (χ4n) is 0.802. The molecule has 0 rings (SSSR count). The van der Waals surface area contributed by atoms with E-state index in [4.69, 9.17) is 11.5 Å². The minimum atomic E-state index is 0.0707. The zero-order valence-corrected chi connectivity index (χ0v) is 7.68. The number of hydrogen-bond acceptors (Lipinski definition) is 3. The highest BCUT2D eigenvalue weighted by Crippen LogP contribution is 1.97. The van der Waals surface area contributed by atoms with Gasteiger partial charge < -0.3 is 16.8 Å². The highest BCUT2D eigenvalue weighted by molar-refractivity contribution is 5.76. The van der Waals surface area contributed by atoms with Crippen LogP contribution in [0.2, 0.25) is 0 Å². The minimum absolute atomic E-state index is 0.0707. The zero-order chi connectivity index (χ0) is 9.40. The summed E-state index contributed by atoms with van der Waals surface area (Å²) in [6, 6.07) is 0. The third kappa shape index (κ3) is 6.12. The highest BCUT2D eigenvalue weighted by atomic mass is 16.1. The van der Waals surface area contributed by atoms with Crippen LogP contribution in [0.3, 0.4) is 0 Å². The zero-order valence-electron chi connectivity index (χ0n) is 7.68. The summed E-state index contributed by atoms with van der Waals surface area (Å²) in [5.41, 5.74) is 10.6. The van der Waals surface area contributed by atoms with Gasteiger partial charge in [0.2, 0.25) is 5.91 Å². The van der Waals surface area contributed by atoms with Crippen LogP contribution < -0.4 is 16.8 Å². The quantitative estimate of drug-likeness (QED) is 0.471. The molecule has 0 aromatic carbocycles. The Morgan fingerprint density at radius 3 is 2.67 bits per heavy atom. The van der Waals surface area contributed by atoms with E-state index >= 15 is 0 Å². The smallest absolute Gasteiger partial charge is 0.220 e. The Morgan fingerprint density at radius 2 is 2.17 bits per heavy atom. The van der Waals surface area contributed by atoms with Crippen molar-refractivity contribution < 1.29 is 4.79 Å². The van der Waals surface area contributed by atoms with E-state index in [1.165, 1.54) is 0 Å². The molecule has 72 valence electrons. The van der Waals surface area contributed by atoms with Crippen molar-refractivity contribution in [3.8, 4) is 0 Å². The van der Waals surface area contributed by atoms with Gasteiger partial charge in [0.25, 0.3) is 0 Å². The topological polar surface area (TPSA) is 81.1 Å². The monoisotopic (exact) mass is 173 g/mol. The molecule has 0 saturated heterocycles. The molecule has 0 heterocycles. The van der Waals surface area contributed by atoms with Crippen LogP contribution in [-0.4, -0.2) is 25.5 Å². The molecule has 0 spiro atoms. The molecular weight excluding hydrogens is 154 g/mol. The van der Waals surface area contributed by atoms with Gasteiger partial charge in [-0.1, -0.05) is 6.92 Å². The Hall–Kier alpha value is -0.610. The standard InChI is InChI=1S/C8H19N3O/c1-7(6-10)5-8(12)11-4-2-3-9/h7H,2-6,9-10H2,1H3,(H,11,12). The maximum Gasteiger partial charge on any atom is 0.220 e. The van der Waals surface area contributed by atoms with E-state index in [1.807, 2.05) is 6.92 Å². The van der Waals surface area contributed by atoms with Crippen LogP contribution in [0.15, 0.2) is 0 Å². The average molecular weight is 173 g/mol. The average Bonchev–Trinajstić information content (AvgIpc) is 2.05. The lowest BCUT2D eigenvalue weighted by molar-refractivity contribution is -0.121. The summed E-state index contributed by atoms with van der Waals surface area (Å²) in [7, 11) is 0. The second-order valence-corrected chi connectivity index (χ2v) is 3.04. The molecule has 0 aromatic rings. The Labute approximate surface area is 73.7 Å². The van der Waals surface area contributed by atoms with Crippen molar-refractivity contribution in [2.45, 2.75) is 19.8 Å². The third-order valence-corrected chi connectivity index (χ3v) is 1.64. The molecule has 0 saturated carbocycles. The van der Waals surface area contributed by atoms with Gasteiger partial charge in [-0.2, -0.15) is 0 Å². The number of carbonyl (C=O) groups is 1. The maximum absolute atomic E-state index is 11.1. The van der Waals surface area contributed by atoms with Crippen molar-refractivity contribution in [2.75, 3.05) is 19.6 Å². The third-order valence-electron chi connectivity index (χ3n) is 1.64. The van der Waals surface area contributed by atoms with Crippen molar-refractivity contribution in [3.63, 3.8) is 0 Å². The first-order chi connectivity index (χ1) is 5.70. The fourth-order valence-corrected chi connectivity index (χ4v) is 0.802. The maximum atomic E-state index is 11.1. The largest absolute Gasteiger partial charge is 0.356 e. The summed E-state index contributed by atoms with van der Waals surface area (Å²) < 4.78 is 0. The van der Waals surface area contributed by atoms with E-state index in [-0.39, 0.29) is 11.8 Å². The van der Waals surface area contributed by atoms with Crippen LogP contribution in [0.4, 0.5) is 0 Å². The summed E-state index contributed by atoms with van der Waals surface area (Å²) in [6.45, 7) is 3.81. The van der Waals surface area contributed by atoms with Gasteiger partial charge in [-0.05, 0) is 25.4 Å². The molecule has 0 bridgehead atoms. The van der Waals surface area contributed by atoms with Gasteiger partial charge in [-0.3, -0.25) is 4.79 Å². The molecule has 1 atom stereocenters. The van der Waals surface area contributed by atoms with E-state index in [0.29, 0.717) is 26.1 Å². The number of rotatable bonds is 6. The highest BCUT2D eigenvalue weighted by Gasteiger charge is 2.05. The molecule has 4 heteroatoms. The Balaban J connectivity index is 3.33. The second-order valence-electron chi connectivity index (χ2n) is 3.04. The Bertz CT molecular complexity index is 127. The van der Waals surface area contributed by atoms with E-state index in [1.54, 1.807) is 0 Å². The number of nitrogens with two attached hydrogens (primary N) is 2. The van der Waals surface area contributed by atoms with Crippen LogP contribution in [0.1, 0.15) is 19.8 Å². The van der Waals surface area contributed by atoms with E-state index in [2.05, 4.69) is 5.32 Å². The van der Waals surface area contributed by atoms with Gasteiger partial charge in [0.1, 0.15) is 0 Å². The van der Waals surface area contributed by atoms with Crippen LogP contribution >= 0.6 is 0 Å². The van der Waals surface area contributed by atoms with Crippen LogP contribution in [0.5, 0.6) is 0 Å². The molecule has 0 aliphatic heterocycles. The molecule has 1 unspecified atom stereocenters. The number of amides is 1. The minimum Gasteiger partial charge on any atom is -0.356 e. The van der Waals surface area contributed by atoms with Gasteiger partial charge in [-0.15, -0.1) is 0 Å². The molecule has 0 aromatic heterocycles. The molecule has 4 nitrogen and oxygen atoms in total. The molecule has 0 fully saturated rings. The van der Waals surface area contributed by atoms with Gasteiger partial charge >= 0.3 is 0 Å². The summed E-state index contributed by atoms with van der Waals surface area (Å²) in [5, 5.41) is 2.77.